The van der Waals surface area contributed by atoms with Crippen molar-refractivity contribution in [2.75, 3.05) is 0 Å². The summed E-state index contributed by atoms with van der Waals surface area (Å²) in [6.45, 7) is 0. The lowest BCUT2D eigenvalue weighted by Crippen LogP contribution is -2.00. The summed E-state index contributed by atoms with van der Waals surface area (Å²) in [6, 6.07) is 6.14. The number of aryl methyl sites for hydroxylation is 1. The molecule has 2 rings (SSSR count). The fraction of sp³-hybridized carbons (Fsp3) is 0.250. The molecule has 1 N–H and O–H groups in total. The van der Waals surface area contributed by atoms with Gasteiger partial charge < -0.3 is 5.11 Å². The molecule has 16 heavy (non-hydrogen) atoms. The third-order valence-electron chi connectivity index (χ3n) is 2.45. The van der Waals surface area contributed by atoms with Crippen LogP contribution in [-0.4, -0.2) is 14.9 Å². The van der Waals surface area contributed by atoms with Crippen LogP contribution in [0.5, 0.6) is 0 Å². The zero-order valence-corrected chi connectivity index (χ0v) is 8.97. The number of halogens is 1. The molecule has 0 saturated carbocycles. The molecule has 0 radical (unpaired) electrons. The van der Waals surface area contributed by atoms with Crippen LogP contribution in [0.4, 0.5) is 4.39 Å². The Morgan fingerprint density at radius 2 is 2.06 bits per heavy atom. The quantitative estimate of drug-likeness (QED) is 0.857. The molecule has 0 bridgehead atoms. The highest BCUT2D eigenvalue weighted by Gasteiger charge is 2.10. The van der Waals surface area contributed by atoms with E-state index in [4.69, 9.17) is 0 Å². The SMILES string of the molecule is Cn1cc(C(O)Cc2ccc(F)cc2)cn1. The monoisotopic (exact) mass is 220 g/mol. The molecule has 84 valence electrons. The zero-order chi connectivity index (χ0) is 11.5. The lowest BCUT2D eigenvalue weighted by atomic mass is 10.0. The predicted octanol–water partition coefficient (Wildman–Crippen LogP) is 1.84. The largest absolute Gasteiger partial charge is 0.388 e. The molecule has 0 saturated heterocycles. The minimum atomic E-state index is -0.598. The summed E-state index contributed by atoms with van der Waals surface area (Å²) in [7, 11) is 1.80. The zero-order valence-electron chi connectivity index (χ0n) is 8.97. The van der Waals surface area contributed by atoms with Gasteiger partial charge in [0.25, 0.3) is 0 Å². The van der Waals surface area contributed by atoms with Gasteiger partial charge in [-0.3, -0.25) is 4.68 Å². The summed E-state index contributed by atoms with van der Waals surface area (Å²) in [4.78, 5) is 0. The van der Waals surface area contributed by atoms with Crippen LogP contribution >= 0.6 is 0 Å². The lowest BCUT2D eigenvalue weighted by molar-refractivity contribution is 0.178. The molecular formula is C12H13FN2O. The summed E-state index contributed by atoms with van der Waals surface area (Å²) >= 11 is 0. The van der Waals surface area contributed by atoms with E-state index in [9.17, 15) is 9.50 Å². The highest BCUT2D eigenvalue weighted by atomic mass is 19.1. The highest BCUT2D eigenvalue weighted by molar-refractivity contribution is 5.19. The number of hydrogen-bond donors (Lipinski definition) is 1. The molecule has 1 heterocycles. The molecule has 0 amide bonds. The summed E-state index contributed by atoms with van der Waals surface area (Å²) in [5.74, 6) is -0.264. The van der Waals surface area contributed by atoms with Crippen molar-refractivity contribution in [3.05, 3.63) is 53.6 Å². The number of aliphatic hydroxyl groups is 1. The Bertz CT molecular complexity index is 464. The van der Waals surface area contributed by atoms with Crippen molar-refractivity contribution in [2.45, 2.75) is 12.5 Å². The minimum Gasteiger partial charge on any atom is -0.388 e. The van der Waals surface area contributed by atoms with Crippen molar-refractivity contribution < 1.29 is 9.50 Å². The third kappa shape index (κ3) is 2.46. The maximum atomic E-state index is 12.7. The standard InChI is InChI=1S/C12H13FN2O/c1-15-8-10(7-14-15)12(16)6-9-2-4-11(13)5-3-9/h2-5,7-8,12,16H,6H2,1H3. The second kappa shape index (κ2) is 4.45. The van der Waals surface area contributed by atoms with Crippen LogP contribution in [0.25, 0.3) is 0 Å². The first kappa shape index (κ1) is 10.8. The molecule has 0 aliphatic heterocycles. The van der Waals surface area contributed by atoms with Gasteiger partial charge in [-0.05, 0) is 17.7 Å². The molecule has 0 aliphatic rings. The van der Waals surface area contributed by atoms with Gasteiger partial charge in [-0.15, -0.1) is 0 Å². The number of benzene rings is 1. The van der Waals surface area contributed by atoms with Crippen LogP contribution in [0.2, 0.25) is 0 Å². The number of nitrogens with zero attached hydrogens (tertiary/aromatic N) is 2. The van der Waals surface area contributed by atoms with Crippen molar-refractivity contribution in [3.63, 3.8) is 0 Å². The Hall–Kier alpha value is -1.68. The third-order valence-corrected chi connectivity index (χ3v) is 2.45. The predicted molar refractivity (Wildman–Crippen MR) is 58.3 cm³/mol. The van der Waals surface area contributed by atoms with Crippen LogP contribution in [-0.2, 0) is 13.5 Å². The van der Waals surface area contributed by atoms with Crippen molar-refractivity contribution in [1.82, 2.24) is 9.78 Å². The summed E-state index contributed by atoms with van der Waals surface area (Å²) < 4.78 is 14.3. The van der Waals surface area contributed by atoms with Crippen molar-refractivity contribution >= 4 is 0 Å². The average molecular weight is 220 g/mol. The summed E-state index contributed by atoms with van der Waals surface area (Å²) in [5.41, 5.74) is 1.67. The minimum absolute atomic E-state index is 0.264. The molecule has 1 unspecified atom stereocenters. The van der Waals surface area contributed by atoms with Gasteiger partial charge in [0.2, 0.25) is 0 Å². The average Bonchev–Trinajstić information content (AvgIpc) is 2.68. The Morgan fingerprint density at radius 1 is 1.38 bits per heavy atom. The fourth-order valence-electron chi connectivity index (χ4n) is 1.57. The molecule has 1 atom stereocenters. The molecule has 0 spiro atoms. The lowest BCUT2D eigenvalue weighted by Gasteiger charge is -2.07. The van der Waals surface area contributed by atoms with E-state index in [-0.39, 0.29) is 5.82 Å². The van der Waals surface area contributed by atoms with Crippen LogP contribution in [0.15, 0.2) is 36.7 Å². The molecule has 0 aliphatic carbocycles. The van der Waals surface area contributed by atoms with E-state index in [0.717, 1.165) is 11.1 Å². The number of rotatable bonds is 3. The molecule has 2 aromatic rings. The van der Waals surface area contributed by atoms with Gasteiger partial charge in [-0.1, -0.05) is 12.1 Å². The van der Waals surface area contributed by atoms with Crippen molar-refractivity contribution in [3.8, 4) is 0 Å². The van der Waals surface area contributed by atoms with Crippen molar-refractivity contribution in [1.29, 1.82) is 0 Å². The number of aromatic nitrogens is 2. The van der Waals surface area contributed by atoms with Crippen molar-refractivity contribution in [2.24, 2.45) is 7.05 Å². The molecular weight excluding hydrogens is 207 g/mol. The van der Waals surface area contributed by atoms with E-state index in [1.807, 2.05) is 0 Å². The van der Waals surface area contributed by atoms with Gasteiger partial charge in [-0.25, -0.2) is 4.39 Å². The van der Waals surface area contributed by atoms with Gasteiger partial charge in [0.15, 0.2) is 0 Å². The normalized spacial score (nSPS) is 12.7. The Balaban J connectivity index is 2.07. The molecule has 1 aromatic carbocycles. The van der Waals surface area contributed by atoms with E-state index < -0.39 is 6.10 Å². The highest BCUT2D eigenvalue weighted by Crippen LogP contribution is 2.17. The second-order valence-corrected chi connectivity index (χ2v) is 3.79. The molecule has 0 fully saturated rings. The van der Waals surface area contributed by atoms with Gasteiger partial charge in [0.05, 0.1) is 12.3 Å². The van der Waals surface area contributed by atoms with Crippen LogP contribution in [0.3, 0.4) is 0 Å². The second-order valence-electron chi connectivity index (χ2n) is 3.79. The Morgan fingerprint density at radius 3 is 2.62 bits per heavy atom. The van der Waals surface area contributed by atoms with E-state index in [0.29, 0.717) is 6.42 Å². The van der Waals surface area contributed by atoms with E-state index in [1.54, 1.807) is 36.3 Å². The van der Waals surface area contributed by atoms with E-state index >= 15 is 0 Å². The maximum absolute atomic E-state index is 12.7. The van der Waals surface area contributed by atoms with Gasteiger partial charge in [0.1, 0.15) is 5.82 Å². The molecule has 1 aromatic heterocycles. The van der Waals surface area contributed by atoms with Gasteiger partial charge >= 0.3 is 0 Å². The van der Waals surface area contributed by atoms with E-state index in [1.165, 1.54) is 12.1 Å². The van der Waals surface area contributed by atoms with E-state index in [2.05, 4.69) is 5.10 Å². The first-order chi connectivity index (χ1) is 7.65. The Kier molecular flexibility index (Phi) is 3.01. The molecule has 4 heteroatoms. The maximum Gasteiger partial charge on any atom is 0.123 e. The fourth-order valence-corrected chi connectivity index (χ4v) is 1.57. The number of hydrogen-bond acceptors (Lipinski definition) is 2. The number of aliphatic hydroxyl groups excluding tert-OH is 1. The van der Waals surface area contributed by atoms with Crippen LogP contribution < -0.4 is 0 Å². The smallest absolute Gasteiger partial charge is 0.123 e. The first-order valence-electron chi connectivity index (χ1n) is 5.06. The van der Waals surface area contributed by atoms with Crippen LogP contribution in [0, 0.1) is 5.82 Å². The first-order valence-corrected chi connectivity index (χ1v) is 5.06. The Labute approximate surface area is 93.2 Å². The van der Waals surface area contributed by atoms with Crippen LogP contribution in [0.1, 0.15) is 17.2 Å². The summed E-state index contributed by atoms with van der Waals surface area (Å²) in [5, 5.41) is 13.9. The van der Waals surface area contributed by atoms with Gasteiger partial charge in [0, 0.05) is 25.2 Å². The molecule has 3 nitrogen and oxygen atoms in total. The summed E-state index contributed by atoms with van der Waals surface area (Å²) in [6.07, 6.45) is 3.27. The topological polar surface area (TPSA) is 38.0 Å². The van der Waals surface area contributed by atoms with Gasteiger partial charge in [-0.2, -0.15) is 5.10 Å².